The van der Waals surface area contributed by atoms with E-state index in [1.807, 2.05) is 0 Å². The molecule has 140 valence electrons. The van der Waals surface area contributed by atoms with Crippen LogP contribution in [0.5, 0.6) is 11.5 Å². The van der Waals surface area contributed by atoms with Crippen molar-refractivity contribution < 1.29 is 24.1 Å². The molecule has 0 aliphatic carbocycles. The zero-order valence-electron chi connectivity index (χ0n) is 14.2. The minimum absolute atomic E-state index is 0.0849. The van der Waals surface area contributed by atoms with Gasteiger partial charge in [-0.1, -0.05) is 0 Å². The van der Waals surface area contributed by atoms with Crippen LogP contribution in [-0.2, 0) is 0 Å². The molecule has 2 rings (SSSR count). The standard InChI is InChI=1S/C16H14N4O7/c1-26-14-7-11(13(20(24)25)8-15(14)27-2)9-17-18-16(21)10-3-5-12(6-4-10)19(22)23/h3-9H,1-2H3,(H,18,21)/b17-9-. The number of hydrazone groups is 1. The molecule has 0 saturated heterocycles. The van der Waals surface area contributed by atoms with Crippen LogP contribution in [-0.4, -0.2) is 36.2 Å². The highest BCUT2D eigenvalue weighted by Crippen LogP contribution is 2.33. The number of hydrogen-bond acceptors (Lipinski definition) is 8. The average Bonchev–Trinajstić information content (AvgIpc) is 2.67. The summed E-state index contributed by atoms with van der Waals surface area (Å²) in [6.07, 6.45) is 1.09. The van der Waals surface area contributed by atoms with E-state index >= 15 is 0 Å². The Labute approximate surface area is 152 Å². The third-order valence-electron chi connectivity index (χ3n) is 3.44. The van der Waals surface area contributed by atoms with Crippen LogP contribution in [0.4, 0.5) is 11.4 Å². The van der Waals surface area contributed by atoms with Gasteiger partial charge in [0.05, 0.1) is 41.9 Å². The van der Waals surface area contributed by atoms with Crippen molar-refractivity contribution >= 4 is 23.5 Å². The van der Waals surface area contributed by atoms with Crippen molar-refractivity contribution in [2.24, 2.45) is 5.10 Å². The van der Waals surface area contributed by atoms with Crippen molar-refractivity contribution in [3.63, 3.8) is 0 Å². The first-order valence-electron chi connectivity index (χ1n) is 7.35. The second kappa shape index (κ2) is 8.38. The minimum atomic E-state index is -0.635. The van der Waals surface area contributed by atoms with E-state index in [1.54, 1.807) is 0 Å². The molecule has 0 radical (unpaired) electrons. The summed E-state index contributed by atoms with van der Waals surface area (Å²) >= 11 is 0. The molecule has 0 bridgehead atoms. The van der Waals surface area contributed by atoms with E-state index in [0.717, 1.165) is 6.21 Å². The van der Waals surface area contributed by atoms with Crippen LogP contribution in [0.1, 0.15) is 15.9 Å². The summed E-state index contributed by atoms with van der Waals surface area (Å²) in [6.45, 7) is 0. The van der Waals surface area contributed by atoms with Crippen molar-refractivity contribution in [1.82, 2.24) is 5.43 Å². The van der Waals surface area contributed by atoms with Gasteiger partial charge in [0, 0.05) is 17.7 Å². The fourth-order valence-electron chi connectivity index (χ4n) is 2.11. The number of nitro groups is 2. The summed E-state index contributed by atoms with van der Waals surface area (Å²) < 4.78 is 10.1. The van der Waals surface area contributed by atoms with E-state index in [4.69, 9.17) is 9.47 Å². The highest BCUT2D eigenvalue weighted by Gasteiger charge is 2.18. The zero-order valence-corrected chi connectivity index (χ0v) is 14.2. The molecule has 0 spiro atoms. The fraction of sp³-hybridized carbons (Fsp3) is 0.125. The SMILES string of the molecule is COc1cc(/C=N\NC(=O)c2ccc([N+](=O)[O-])cc2)c([N+](=O)[O-])cc1OC. The molecule has 0 aromatic heterocycles. The number of hydrogen-bond donors (Lipinski definition) is 1. The van der Waals surface area contributed by atoms with Gasteiger partial charge in [0.2, 0.25) is 0 Å². The first kappa shape index (κ1) is 19.3. The zero-order chi connectivity index (χ0) is 20.0. The molecule has 2 aromatic rings. The number of rotatable bonds is 7. The topological polar surface area (TPSA) is 146 Å². The number of nitro benzene ring substituents is 2. The first-order valence-corrected chi connectivity index (χ1v) is 7.35. The Morgan fingerprint density at radius 3 is 2.15 bits per heavy atom. The van der Waals surface area contributed by atoms with Gasteiger partial charge in [0.1, 0.15) is 0 Å². The molecule has 0 aliphatic rings. The number of nitrogens with one attached hydrogen (secondary N) is 1. The normalized spacial score (nSPS) is 10.4. The molecule has 11 heteroatoms. The van der Waals surface area contributed by atoms with Crippen LogP contribution in [0.2, 0.25) is 0 Å². The van der Waals surface area contributed by atoms with Gasteiger partial charge in [0.15, 0.2) is 11.5 Å². The number of methoxy groups -OCH3 is 2. The highest BCUT2D eigenvalue weighted by atomic mass is 16.6. The lowest BCUT2D eigenvalue weighted by atomic mass is 10.1. The summed E-state index contributed by atoms with van der Waals surface area (Å²) in [5, 5.41) is 25.5. The smallest absolute Gasteiger partial charge is 0.282 e. The molecule has 0 atom stereocenters. The fourth-order valence-corrected chi connectivity index (χ4v) is 2.11. The Bertz CT molecular complexity index is 910. The largest absolute Gasteiger partial charge is 0.493 e. The van der Waals surface area contributed by atoms with Gasteiger partial charge in [-0.05, 0) is 18.2 Å². The molecule has 0 fully saturated rings. The quantitative estimate of drug-likeness (QED) is 0.444. The van der Waals surface area contributed by atoms with Gasteiger partial charge in [-0.25, -0.2) is 5.43 Å². The molecule has 2 aromatic carbocycles. The van der Waals surface area contributed by atoms with Crippen LogP contribution in [0.3, 0.4) is 0 Å². The number of amides is 1. The Hall–Kier alpha value is -4.02. The van der Waals surface area contributed by atoms with E-state index in [1.165, 1.54) is 50.6 Å². The van der Waals surface area contributed by atoms with Crippen molar-refractivity contribution in [2.45, 2.75) is 0 Å². The Kier molecular flexibility index (Phi) is 5.99. The van der Waals surface area contributed by atoms with E-state index in [2.05, 4.69) is 10.5 Å². The Morgan fingerprint density at radius 1 is 1.04 bits per heavy atom. The Morgan fingerprint density at radius 2 is 1.63 bits per heavy atom. The predicted molar refractivity (Wildman–Crippen MR) is 94.4 cm³/mol. The van der Waals surface area contributed by atoms with Gasteiger partial charge in [-0.15, -0.1) is 0 Å². The molecule has 1 amide bonds. The molecule has 0 saturated carbocycles. The minimum Gasteiger partial charge on any atom is -0.493 e. The van der Waals surface area contributed by atoms with Crippen LogP contribution in [0.15, 0.2) is 41.5 Å². The maximum absolute atomic E-state index is 12.0. The lowest BCUT2D eigenvalue weighted by Crippen LogP contribution is -2.17. The number of nitrogens with zero attached hydrogens (tertiary/aromatic N) is 3. The van der Waals surface area contributed by atoms with Crippen LogP contribution in [0, 0.1) is 20.2 Å². The van der Waals surface area contributed by atoms with Gasteiger partial charge < -0.3 is 9.47 Å². The number of benzene rings is 2. The summed E-state index contributed by atoms with van der Waals surface area (Å²) in [5.41, 5.74) is 1.97. The van der Waals surface area contributed by atoms with Crippen LogP contribution in [0.25, 0.3) is 0 Å². The van der Waals surface area contributed by atoms with Crippen molar-refractivity contribution in [2.75, 3.05) is 14.2 Å². The lowest BCUT2D eigenvalue weighted by molar-refractivity contribution is -0.385. The van der Waals surface area contributed by atoms with Gasteiger partial charge in [-0.3, -0.25) is 25.0 Å². The van der Waals surface area contributed by atoms with E-state index in [0.29, 0.717) is 0 Å². The van der Waals surface area contributed by atoms with E-state index < -0.39 is 15.8 Å². The van der Waals surface area contributed by atoms with Gasteiger partial charge in [0.25, 0.3) is 17.3 Å². The third kappa shape index (κ3) is 4.54. The lowest BCUT2D eigenvalue weighted by Gasteiger charge is -2.08. The number of non-ortho nitro benzene ring substituents is 1. The van der Waals surface area contributed by atoms with Crippen molar-refractivity contribution in [3.8, 4) is 11.5 Å². The Balaban J connectivity index is 2.20. The predicted octanol–water partition coefficient (Wildman–Crippen LogP) is 2.28. The third-order valence-corrected chi connectivity index (χ3v) is 3.44. The molecule has 27 heavy (non-hydrogen) atoms. The van der Waals surface area contributed by atoms with Crippen LogP contribution < -0.4 is 14.9 Å². The van der Waals surface area contributed by atoms with Crippen LogP contribution >= 0.6 is 0 Å². The average molecular weight is 374 g/mol. The summed E-state index contributed by atoms with van der Waals surface area (Å²) in [5.74, 6) is -0.202. The van der Waals surface area contributed by atoms with E-state index in [-0.39, 0.29) is 34.0 Å². The summed E-state index contributed by atoms with van der Waals surface area (Å²) in [4.78, 5) is 32.6. The van der Waals surface area contributed by atoms with Gasteiger partial charge in [-0.2, -0.15) is 5.10 Å². The second-order valence-electron chi connectivity index (χ2n) is 5.03. The maximum atomic E-state index is 12.0. The summed E-state index contributed by atoms with van der Waals surface area (Å²) in [7, 11) is 2.72. The molecule has 11 nitrogen and oxygen atoms in total. The van der Waals surface area contributed by atoms with E-state index in [9.17, 15) is 25.0 Å². The highest BCUT2D eigenvalue weighted by molar-refractivity contribution is 5.95. The maximum Gasteiger partial charge on any atom is 0.282 e. The van der Waals surface area contributed by atoms with Crippen molar-refractivity contribution in [3.05, 3.63) is 67.8 Å². The molecule has 0 aliphatic heterocycles. The summed E-state index contributed by atoms with van der Waals surface area (Å²) in [6, 6.07) is 7.41. The second-order valence-corrected chi connectivity index (χ2v) is 5.03. The number of carbonyl (C=O) groups excluding carboxylic acids is 1. The molecular weight excluding hydrogens is 360 g/mol. The molecule has 1 N–H and O–H groups in total. The number of ether oxygens (including phenoxy) is 2. The first-order chi connectivity index (χ1) is 12.9. The van der Waals surface area contributed by atoms with Gasteiger partial charge >= 0.3 is 0 Å². The van der Waals surface area contributed by atoms with Crippen molar-refractivity contribution in [1.29, 1.82) is 0 Å². The molecular formula is C16H14N4O7. The number of carbonyl (C=O) groups is 1. The molecule has 0 unspecified atom stereocenters. The monoisotopic (exact) mass is 374 g/mol. The molecule has 0 heterocycles.